The Bertz CT molecular complexity index is 719. The van der Waals surface area contributed by atoms with Crippen LogP contribution in [0.15, 0.2) is 50.9 Å². The van der Waals surface area contributed by atoms with Crippen LogP contribution in [0.5, 0.6) is 0 Å². The summed E-state index contributed by atoms with van der Waals surface area (Å²) in [6, 6.07) is 12.0. The molecule has 1 heterocycles. The van der Waals surface area contributed by atoms with E-state index in [-0.39, 0.29) is 0 Å². The standard InChI is InChI=1S/C14H12BrN3S/c1-8-6-13(9(15)7-10(8)16)19-14-17-11-4-2-3-5-12(11)18-14/h2-7H,16H2,1H3,(H,17,18). The second-order valence-corrected chi connectivity index (χ2v) is 6.19. The van der Waals surface area contributed by atoms with Crippen LogP contribution in [-0.4, -0.2) is 9.97 Å². The van der Waals surface area contributed by atoms with E-state index < -0.39 is 0 Å². The van der Waals surface area contributed by atoms with Gasteiger partial charge in [-0.05, 0) is 52.7 Å². The highest BCUT2D eigenvalue weighted by atomic mass is 79.9. The molecule has 3 N–H and O–H groups in total. The zero-order valence-electron chi connectivity index (χ0n) is 10.3. The largest absolute Gasteiger partial charge is 0.398 e. The molecule has 0 aliphatic heterocycles. The summed E-state index contributed by atoms with van der Waals surface area (Å²) < 4.78 is 0.987. The summed E-state index contributed by atoms with van der Waals surface area (Å²) in [5.74, 6) is 0. The predicted molar refractivity (Wildman–Crippen MR) is 83.5 cm³/mol. The molecular formula is C14H12BrN3S. The van der Waals surface area contributed by atoms with Crippen LogP contribution in [0.2, 0.25) is 0 Å². The third-order valence-corrected chi connectivity index (χ3v) is 4.76. The van der Waals surface area contributed by atoms with Gasteiger partial charge in [-0.25, -0.2) is 4.98 Å². The maximum Gasteiger partial charge on any atom is 0.171 e. The fourth-order valence-electron chi connectivity index (χ4n) is 1.83. The number of para-hydroxylation sites is 2. The van der Waals surface area contributed by atoms with Crippen molar-refractivity contribution in [2.24, 2.45) is 0 Å². The number of fused-ring (bicyclic) bond motifs is 1. The highest BCUT2D eigenvalue weighted by Crippen LogP contribution is 2.35. The first-order chi connectivity index (χ1) is 9.13. The van der Waals surface area contributed by atoms with Crippen LogP contribution >= 0.6 is 27.7 Å². The van der Waals surface area contributed by atoms with Crippen LogP contribution in [0.1, 0.15) is 5.56 Å². The highest BCUT2D eigenvalue weighted by molar-refractivity contribution is 9.10. The Hall–Kier alpha value is -1.46. The van der Waals surface area contributed by atoms with Crippen molar-refractivity contribution in [3.05, 3.63) is 46.4 Å². The fourth-order valence-corrected chi connectivity index (χ4v) is 3.34. The summed E-state index contributed by atoms with van der Waals surface area (Å²) in [6.45, 7) is 2.00. The molecule has 3 nitrogen and oxygen atoms in total. The predicted octanol–water partition coefficient (Wildman–Crippen LogP) is 4.37. The van der Waals surface area contributed by atoms with Crippen molar-refractivity contribution in [3.8, 4) is 0 Å². The molecule has 19 heavy (non-hydrogen) atoms. The molecule has 0 saturated heterocycles. The molecule has 0 bridgehead atoms. The average Bonchev–Trinajstić information content (AvgIpc) is 2.78. The number of imidazole rings is 1. The monoisotopic (exact) mass is 333 g/mol. The van der Waals surface area contributed by atoms with Gasteiger partial charge in [0.2, 0.25) is 0 Å². The van der Waals surface area contributed by atoms with Crippen molar-refractivity contribution in [2.45, 2.75) is 17.0 Å². The Balaban J connectivity index is 1.98. The van der Waals surface area contributed by atoms with Crippen molar-refractivity contribution in [1.29, 1.82) is 0 Å². The van der Waals surface area contributed by atoms with E-state index in [2.05, 4.69) is 32.0 Å². The summed E-state index contributed by atoms with van der Waals surface area (Å²) in [7, 11) is 0. The SMILES string of the molecule is Cc1cc(Sc2nc3ccccc3[nH]2)c(Br)cc1N. The first kappa shape index (κ1) is 12.6. The molecule has 0 aliphatic rings. The number of nitrogens with two attached hydrogens (primary N) is 1. The van der Waals surface area contributed by atoms with Crippen molar-refractivity contribution in [2.75, 3.05) is 5.73 Å². The summed E-state index contributed by atoms with van der Waals surface area (Å²) in [5.41, 5.74) is 9.77. The molecule has 0 unspecified atom stereocenters. The van der Waals surface area contributed by atoms with E-state index in [4.69, 9.17) is 5.73 Å². The number of aromatic amines is 1. The molecule has 0 spiro atoms. The van der Waals surface area contributed by atoms with Gasteiger partial charge in [0.1, 0.15) is 0 Å². The van der Waals surface area contributed by atoms with Crippen LogP contribution in [0.4, 0.5) is 5.69 Å². The molecule has 3 aromatic rings. The van der Waals surface area contributed by atoms with Crippen molar-refractivity contribution in [3.63, 3.8) is 0 Å². The lowest BCUT2D eigenvalue weighted by Gasteiger charge is -2.06. The molecule has 0 fully saturated rings. The second kappa shape index (κ2) is 4.90. The molecule has 3 rings (SSSR count). The maximum atomic E-state index is 5.88. The van der Waals surface area contributed by atoms with Gasteiger partial charge in [0.05, 0.1) is 11.0 Å². The van der Waals surface area contributed by atoms with E-state index >= 15 is 0 Å². The summed E-state index contributed by atoms with van der Waals surface area (Å²) in [6.07, 6.45) is 0. The van der Waals surface area contributed by atoms with Gasteiger partial charge >= 0.3 is 0 Å². The van der Waals surface area contributed by atoms with Crippen molar-refractivity contribution >= 4 is 44.4 Å². The number of nitrogens with zero attached hydrogens (tertiary/aromatic N) is 1. The highest BCUT2D eigenvalue weighted by Gasteiger charge is 2.08. The number of rotatable bonds is 2. The van der Waals surface area contributed by atoms with E-state index in [0.717, 1.165) is 36.8 Å². The number of H-pyrrole nitrogens is 1. The minimum Gasteiger partial charge on any atom is -0.398 e. The van der Waals surface area contributed by atoms with Gasteiger partial charge in [0.25, 0.3) is 0 Å². The molecular weight excluding hydrogens is 322 g/mol. The number of hydrogen-bond acceptors (Lipinski definition) is 3. The number of hydrogen-bond donors (Lipinski definition) is 2. The van der Waals surface area contributed by atoms with Gasteiger partial charge in [-0.15, -0.1) is 0 Å². The van der Waals surface area contributed by atoms with Gasteiger partial charge in [-0.1, -0.05) is 23.9 Å². The van der Waals surface area contributed by atoms with Crippen LogP contribution in [-0.2, 0) is 0 Å². The zero-order chi connectivity index (χ0) is 13.4. The maximum absolute atomic E-state index is 5.88. The number of benzene rings is 2. The second-order valence-electron chi connectivity index (χ2n) is 4.30. The molecule has 0 radical (unpaired) electrons. The molecule has 0 aliphatic carbocycles. The lowest BCUT2D eigenvalue weighted by Crippen LogP contribution is -1.90. The third-order valence-electron chi connectivity index (χ3n) is 2.89. The molecule has 1 aromatic heterocycles. The smallest absolute Gasteiger partial charge is 0.171 e. The lowest BCUT2D eigenvalue weighted by molar-refractivity contribution is 1.08. The normalized spacial score (nSPS) is 11.1. The molecule has 2 aromatic carbocycles. The van der Waals surface area contributed by atoms with E-state index in [1.807, 2.05) is 37.3 Å². The number of aryl methyl sites for hydroxylation is 1. The number of anilines is 1. The molecule has 0 amide bonds. The topological polar surface area (TPSA) is 54.7 Å². The minimum absolute atomic E-state index is 0.792. The van der Waals surface area contributed by atoms with Gasteiger partial charge in [-0.2, -0.15) is 0 Å². The van der Waals surface area contributed by atoms with Crippen LogP contribution in [0, 0.1) is 6.92 Å². The molecule has 0 atom stereocenters. The Kier molecular flexibility index (Phi) is 3.24. The van der Waals surface area contributed by atoms with Gasteiger partial charge in [0.15, 0.2) is 5.16 Å². The lowest BCUT2D eigenvalue weighted by atomic mass is 10.2. The van der Waals surface area contributed by atoms with E-state index in [0.29, 0.717) is 0 Å². The van der Waals surface area contributed by atoms with Crippen molar-refractivity contribution in [1.82, 2.24) is 9.97 Å². The fraction of sp³-hybridized carbons (Fsp3) is 0.0714. The third kappa shape index (κ3) is 2.48. The number of halogens is 1. The zero-order valence-corrected chi connectivity index (χ0v) is 12.7. The minimum atomic E-state index is 0.792. The van der Waals surface area contributed by atoms with Crippen LogP contribution < -0.4 is 5.73 Å². The van der Waals surface area contributed by atoms with Crippen LogP contribution in [0.25, 0.3) is 11.0 Å². The number of nitrogen functional groups attached to an aromatic ring is 1. The Labute approximate surface area is 123 Å². The van der Waals surface area contributed by atoms with E-state index in [1.165, 1.54) is 0 Å². The summed E-state index contributed by atoms with van der Waals surface area (Å²) in [4.78, 5) is 8.96. The number of nitrogens with one attached hydrogen (secondary N) is 1. The first-order valence-electron chi connectivity index (χ1n) is 5.82. The summed E-state index contributed by atoms with van der Waals surface area (Å²) in [5, 5.41) is 0.881. The Morgan fingerprint density at radius 2 is 2.05 bits per heavy atom. The van der Waals surface area contributed by atoms with E-state index in [1.54, 1.807) is 11.8 Å². The Morgan fingerprint density at radius 1 is 1.26 bits per heavy atom. The molecule has 96 valence electrons. The first-order valence-corrected chi connectivity index (χ1v) is 7.42. The van der Waals surface area contributed by atoms with Gasteiger partial charge < -0.3 is 10.7 Å². The van der Waals surface area contributed by atoms with Gasteiger partial charge in [-0.3, -0.25) is 0 Å². The summed E-state index contributed by atoms with van der Waals surface area (Å²) >= 11 is 5.13. The van der Waals surface area contributed by atoms with Crippen LogP contribution in [0.3, 0.4) is 0 Å². The quantitative estimate of drug-likeness (QED) is 0.685. The van der Waals surface area contributed by atoms with Crippen molar-refractivity contribution < 1.29 is 0 Å². The Morgan fingerprint density at radius 3 is 2.84 bits per heavy atom. The van der Waals surface area contributed by atoms with E-state index in [9.17, 15) is 0 Å². The average molecular weight is 334 g/mol. The molecule has 0 saturated carbocycles. The number of aromatic nitrogens is 2. The molecule has 5 heteroatoms. The van der Waals surface area contributed by atoms with Gasteiger partial charge in [0, 0.05) is 15.1 Å².